The van der Waals surface area contributed by atoms with Gasteiger partial charge in [-0.2, -0.15) is 0 Å². The summed E-state index contributed by atoms with van der Waals surface area (Å²) in [5.74, 6) is 1.34. The van der Waals surface area contributed by atoms with E-state index in [1.54, 1.807) is 12.1 Å². The van der Waals surface area contributed by atoms with E-state index in [2.05, 4.69) is 5.32 Å². The smallest absolute Gasteiger partial charge is 0.308 e. The van der Waals surface area contributed by atoms with E-state index in [1.807, 2.05) is 0 Å². The summed E-state index contributed by atoms with van der Waals surface area (Å²) in [6.45, 7) is 0.765. The maximum absolute atomic E-state index is 12.9. The Labute approximate surface area is 129 Å². The van der Waals surface area contributed by atoms with Crippen LogP contribution in [0.1, 0.15) is 24.8 Å². The molecule has 0 aromatic heterocycles. The predicted octanol–water partition coefficient (Wildman–Crippen LogP) is 2.70. The first-order valence-corrected chi connectivity index (χ1v) is 8.36. The maximum Gasteiger partial charge on any atom is 0.308 e. The molecule has 0 amide bonds. The van der Waals surface area contributed by atoms with Crippen molar-refractivity contribution in [3.05, 3.63) is 35.6 Å². The van der Waals surface area contributed by atoms with E-state index < -0.39 is 5.97 Å². The van der Waals surface area contributed by atoms with Gasteiger partial charge in [-0.3, -0.25) is 4.79 Å². The minimum Gasteiger partial charge on any atom is -0.481 e. The first-order chi connectivity index (χ1) is 10.6. The molecular weight excluding hydrogens is 281 g/mol. The molecule has 4 saturated carbocycles. The first kappa shape index (κ1) is 14.2. The van der Waals surface area contributed by atoms with Crippen molar-refractivity contribution in [3.8, 4) is 0 Å². The van der Waals surface area contributed by atoms with Crippen LogP contribution >= 0.6 is 0 Å². The molecule has 3 nitrogen and oxygen atoms in total. The zero-order chi connectivity index (χ0) is 15.3. The fourth-order valence-electron chi connectivity index (χ4n) is 5.11. The quantitative estimate of drug-likeness (QED) is 0.879. The van der Waals surface area contributed by atoms with E-state index in [-0.39, 0.29) is 17.8 Å². The van der Waals surface area contributed by atoms with Crippen molar-refractivity contribution in [2.75, 3.05) is 6.54 Å². The maximum atomic E-state index is 12.9. The molecule has 6 atom stereocenters. The molecule has 0 heterocycles. The highest BCUT2D eigenvalue weighted by Crippen LogP contribution is 2.64. The third kappa shape index (κ3) is 2.34. The van der Waals surface area contributed by atoms with E-state index in [0.717, 1.165) is 30.9 Å². The number of halogens is 1. The number of hydrogen-bond donors (Lipinski definition) is 2. The minimum atomic E-state index is -0.626. The molecule has 0 saturated heterocycles. The van der Waals surface area contributed by atoms with Gasteiger partial charge in [-0.15, -0.1) is 0 Å². The number of carboxylic acid groups (broad SMARTS) is 1. The van der Waals surface area contributed by atoms with Crippen LogP contribution in [0.4, 0.5) is 4.39 Å². The Bertz CT molecular complexity index is 573. The van der Waals surface area contributed by atoms with Crippen molar-refractivity contribution in [1.82, 2.24) is 5.32 Å². The van der Waals surface area contributed by atoms with Gasteiger partial charge in [0, 0.05) is 6.04 Å². The molecule has 0 radical (unpaired) electrons. The minimum absolute atomic E-state index is 0.125. The standard InChI is InChI=1S/C18H22FNO2/c19-11-3-1-10(2-4-11)7-8-20-17-13-6-5-12(14-9-15(13)14)16(17)18(21)22/h1-4,12-17,20H,5-9H2,(H,21,22)/t12-,13+,14+,15-,16-,17+/m0/s1. The highest BCUT2D eigenvalue weighted by molar-refractivity contribution is 5.72. The predicted molar refractivity (Wildman–Crippen MR) is 80.8 cm³/mol. The average molecular weight is 303 g/mol. The number of aliphatic carboxylic acids is 1. The summed E-state index contributed by atoms with van der Waals surface area (Å²) in [7, 11) is 0. The Morgan fingerprint density at radius 1 is 1.14 bits per heavy atom. The summed E-state index contributed by atoms with van der Waals surface area (Å²) in [6, 6.07) is 6.69. The van der Waals surface area contributed by atoms with E-state index in [0.29, 0.717) is 17.8 Å². The fraction of sp³-hybridized carbons (Fsp3) is 0.611. The molecule has 4 heteroatoms. The molecule has 118 valence electrons. The van der Waals surface area contributed by atoms with Crippen LogP contribution in [0.2, 0.25) is 0 Å². The zero-order valence-corrected chi connectivity index (χ0v) is 12.5. The normalized spacial score (nSPS) is 38.6. The lowest BCUT2D eigenvalue weighted by atomic mass is 9.61. The molecule has 22 heavy (non-hydrogen) atoms. The SMILES string of the molecule is O=C(O)[C@H]1[C@H]2CC[C@H]([C@@H]3C[C@@H]32)[C@H]1NCCc1ccc(F)cc1. The third-order valence-corrected chi connectivity index (χ3v) is 6.13. The van der Waals surface area contributed by atoms with Crippen LogP contribution < -0.4 is 5.32 Å². The van der Waals surface area contributed by atoms with Crippen molar-refractivity contribution < 1.29 is 14.3 Å². The van der Waals surface area contributed by atoms with Crippen LogP contribution in [-0.2, 0) is 11.2 Å². The van der Waals surface area contributed by atoms with Gasteiger partial charge in [0.05, 0.1) is 5.92 Å². The van der Waals surface area contributed by atoms with Crippen molar-refractivity contribution in [3.63, 3.8) is 0 Å². The first-order valence-electron chi connectivity index (χ1n) is 8.36. The Balaban J connectivity index is 1.40. The van der Waals surface area contributed by atoms with E-state index in [1.165, 1.54) is 25.0 Å². The summed E-state index contributed by atoms with van der Waals surface area (Å²) in [6.07, 6.45) is 4.34. The highest BCUT2D eigenvalue weighted by atomic mass is 19.1. The van der Waals surface area contributed by atoms with Gasteiger partial charge in [-0.1, -0.05) is 12.1 Å². The number of carbonyl (C=O) groups is 1. The number of rotatable bonds is 5. The van der Waals surface area contributed by atoms with Gasteiger partial charge < -0.3 is 10.4 Å². The summed E-state index contributed by atoms with van der Waals surface area (Å²) in [5.41, 5.74) is 1.09. The van der Waals surface area contributed by atoms with Gasteiger partial charge in [-0.25, -0.2) is 4.39 Å². The topological polar surface area (TPSA) is 49.3 Å². The molecule has 1 aromatic rings. The summed E-state index contributed by atoms with van der Waals surface area (Å²) < 4.78 is 12.9. The lowest BCUT2D eigenvalue weighted by Crippen LogP contribution is -2.56. The zero-order valence-electron chi connectivity index (χ0n) is 12.5. The number of carboxylic acids is 1. The van der Waals surface area contributed by atoms with Gasteiger partial charge in [0.15, 0.2) is 0 Å². The van der Waals surface area contributed by atoms with Crippen LogP contribution in [0.25, 0.3) is 0 Å². The van der Waals surface area contributed by atoms with Crippen LogP contribution in [0, 0.1) is 35.4 Å². The lowest BCUT2D eigenvalue weighted by Gasteiger charge is -2.46. The Hall–Kier alpha value is -1.42. The number of hydrogen-bond acceptors (Lipinski definition) is 2. The lowest BCUT2D eigenvalue weighted by molar-refractivity contribution is -0.150. The second kappa shape index (κ2) is 5.34. The summed E-state index contributed by atoms with van der Waals surface area (Å²) in [5, 5.41) is 13.2. The van der Waals surface area contributed by atoms with E-state index in [9.17, 15) is 14.3 Å². The molecule has 2 N–H and O–H groups in total. The highest BCUT2D eigenvalue weighted by Gasteiger charge is 2.62. The second-order valence-corrected chi connectivity index (χ2v) is 7.19. The Kier molecular flexibility index (Phi) is 3.44. The van der Waals surface area contributed by atoms with Gasteiger partial charge in [0.1, 0.15) is 5.82 Å². The molecular formula is C18H22FNO2. The average Bonchev–Trinajstić information content (AvgIpc) is 3.31. The van der Waals surface area contributed by atoms with Gasteiger partial charge in [0.2, 0.25) is 0 Å². The van der Waals surface area contributed by atoms with Gasteiger partial charge >= 0.3 is 5.97 Å². The second-order valence-electron chi connectivity index (χ2n) is 7.19. The van der Waals surface area contributed by atoms with Crippen LogP contribution in [0.3, 0.4) is 0 Å². The van der Waals surface area contributed by atoms with Crippen molar-refractivity contribution in [2.24, 2.45) is 29.6 Å². The monoisotopic (exact) mass is 303 g/mol. The van der Waals surface area contributed by atoms with Crippen LogP contribution in [0.15, 0.2) is 24.3 Å². The molecule has 0 unspecified atom stereocenters. The number of fused-ring (bicyclic) bond motifs is 2. The molecule has 0 spiro atoms. The van der Waals surface area contributed by atoms with Crippen LogP contribution in [0.5, 0.6) is 0 Å². The summed E-state index contributed by atoms with van der Waals surface area (Å²) >= 11 is 0. The Morgan fingerprint density at radius 2 is 1.82 bits per heavy atom. The van der Waals surface area contributed by atoms with E-state index >= 15 is 0 Å². The molecule has 1 aromatic carbocycles. The third-order valence-electron chi connectivity index (χ3n) is 6.13. The number of benzene rings is 1. The molecule has 4 fully saturated rings. The molecule has 4 aliphatic carbocycles. The summed E-state index contributed by atoms with van der Waals surface area (Å²) in [4.78, 5) is 11.7. The molecule has 2 bridgehead atoms. The molecule has 4 aliphatic rings. The Morgan fingerprint density at radius 3 is 2.55 bits per heavy atom. The fourth-order valence-corrected chi connectivity index (χ4v) is 5.11. The van der Waals surface area contributed by atoms with Crippen molar-refractivity contribution in [2.45, 2.75) is 31.7 Å². The number of nitrogens with one attached hydrogen (secondary N) is 1. The largest absolute Gasteiger partial charge is 0.481 e. The molecule has 0 aliphatic heterocycles. The van der Waals surface area contributed by atoms with Crippen molar-refractivity contribution >= 4 is 5.97 Å². The van der Waals surface area contributed by atoms with Crippen molar-refractivity contribution in [1.29, 1.82) is 0 Å². The van der Waals surface area contributed by atoms with Gasteiger partial charge in [-0.05, 0) is 73.6 Å². The molecule has 5 rings (SSSR count). The van der Waals surface area contributed by atoms with Crippen LogP contribution in [-0.4, -0.2) is 23.7 Å². The van der Waals surface area contributed by atoms with Gasteiger partial charge in [0.25, 0.3) is 0 Å². The van der Waals surface area contributed by atoms with E-state index in [4.69, 9.17) is 0 Å².